The van der Waals surface area contributed by atoms with Gasteiger partial charge in [-0.05, 0) is 20.8 Å². The Kier molecular flexibility index (Phi) is 4.64. The van der Waals surface area contributed by atoms with E-state index in [-0.39, 0.29) is 0 Å². The third-order valence-electron chi connectivity index (χ3n) is 1.30. The molecule has 2 N–H and O–H groups in total. The van der Waals surface area contributed by atoms with Crippen LogP contribution in [0.3, 0.4) is 0 Å². The number of hydrogen-bond donors (Lipinski definition) is 2. The molecule has 0 spiro atoms. The third kappa shape index (κ3) is 7.95. The van der Waals surface area contributed by atoms with Crippen LogP contribution in [0.4, 0.5) is 13.6 Å². The highest BCUT2D eigenvalue weighted by molar-refractivity contribution is 5.69. The van der Waals surface area contributed by atoms with E-state index in [1.165, 1.54) is 0 Å². The summed E-state index contributed by atoms with van der Waals surface area (Å²) in [6.45, 7) is 3.69. The topological polar surface area (TPSA) is 75.6 Å². The molecular formula is C9H15F2NO4. The molecule has 0 heterocycles. The molecule has 0 radical (unpaired) electrons. The average molecular weight is 239 g/mol. The van der Waals surface area contributed by atoms with Crippen LogP contribution in [0.1, 0.15) is 27.2 Å². The number of alkyl halides is 2. The first-order valence-corrected chi connectivity index (χ1v) is 4.58. The highest BCUT2D eigenvalue weighted by Crippen LogP contribution is 2.17. The molecule has 0 aliphatic heterocycles. The van der Waals surface area contributed by atoms with E-state index in [4.69, 9.17) is 9.84 Å². The van der Waals surface area contributed by atoms with Gasteiger partial charge in [-0.25, -0.2) is 13.6 Å². The van der Waals surface area contributed by atoms with Crippen LogP contribution >= 0.6 is 0 Å². The predicted octanol–water partition coefficient (Wildman–Crippen LogP) is 1.62. The Labute approximate surface area is 91.8 Å². The standard InChI is InChI=1S/C9H15F2NO4/c1-8(2,3)16-7(15)12-5-9(10,11)4-6(13)14/h4-5H2,1-3H3,(H,12,15)(H,13,14). The van der Waals surface area contributed by atoms with Crippen LogP contribution in [0.5, 0.6) is 0 Å². The first-order valence-electron chi connectivity index (χ1n) is 4.58. The SMILES string of the molecule is CC(C)(C)OC(=O)NCC(F)(F)CC(=O)O. The Morgan fingerprint density at radius 1 is 1.31 bits per heavy atom. The molecule has 7 heteroatoms. The molecule has 0 bridgehead atoms. The predicted molar refractivity (Wildman–Crippen MR) is 51.4 cm³/mol. The zero-order chi connectivity index (χ0) is 13.0. The van der Waals surface area contributed by atoms with Crippen LogP contribution < -0.4 is 5.32 Å². The lowest BCUT2D eigenvalue weighted by atomic mass is 10.2. The Morgan fingerprint density at radius 2 is 1.81 bits per heavy atom. The molecule has 94 valence electrons. The molecule has 0 atom stereocenters. The fourth-order valence-corrected chi connectivity index (χ4v) is 0.799. The number of ether oxygens (including phenoxy) is 1. The van der Waals surface area contributed by atoms with Crippen LogP contribution in [0, 0.1) is 0 Å². The number of carboxylic acids is 1. The first kappa shape index (κ1) is 14.6. The van der Waals surface area contributed by atoms with Gasteiger partial charge < -0.3 is 15.2 Å². The molecule has 0 saturated carbocycles. The van der Waals surface area contributed by atoms with Crippen LogP contribution in [0.2, 0.25) is 0 Å². The van der Waals surface area contributed by atoms with Gasteiger partial charge in [0.1, 0.15) is 12.0 Å². The summed E-state index contributed by atoms with van der Waals surface area (Å²) in [5, 5.41) is 9.99. The van der Waals surface area contributed by atoms with Crippen LogP contribution in [-0.4, -0.2) is 35.2 Å². The number of aliphatic carboxylic acids is 1. The lowest BCUT2D eigenvalue weighted by Crippen LogP contribution is -2.40. The summed E-state index contributed by atoms with van der Waals surface area (Å²) in [6.07, 6.45) is -2.33. The van der Waals surface area contributed by atoms with Crippen molar-refractivity contribution in [1.82, 2.24) is 5.32 Å². The van der Waals surface area contributed by atoms with E-state index in [0.717, 1.165) is 0 Å². The fraction of sp³-hybridized carbons (Fsp3) is 0.778. The number of alkyl carbamates (subject to hydrolysis) is 1. The molecule has 1 amide bonds. The van der Waals surface area contributed by atoms with Gasteiger partial charge in [0, 0.05) is 0 Å². The molecular weight excluding hydrogens is 224 g/mol. The monoisotopic (exact) mass is 239 g/mol. The molecule has 0 aromatic heterocycles. The van der Waals surface area contributed by atoms with Crippen LogP contribution in [0.25, 0.3) is 0 Å². The summed E-state index contributed by atoms with van der Waals surface area (Å²) in [4.78, 5) is 21.0. The molecule has 0 unspecified atom stereocenters. The van der Waals surface area contributed by atoms with Gasteiger partial charge in [0.25, 0.3) is 5.92 Å². The van der Waals surface area contributed by atoms with Crippen LogP contribution in [0.15, 0.2) is 0 Å². The molecule has 0 fully saturated rings. The zero-order valence-electron chi connectivity index (χ0n) is 9.34. The molecule has 0 aliphatic carbocycles. The minimum Gasteiger partial charge on any atom is -0.481 e. The normalized spacial score (nSPS) is 12.1. The van der Waals surface area contributed by atoms with Crippen molar-refractivity contribution < 1.29 is 28.2 Å². The van der Waals surface area contributed by atoms with Gasteiger partial charge in [-0.1, -0.05) is 0 Å². The second kappa shape index (κ2) is 5.09. The van der Waals surface area contributed by atoms with E-state index in [1.807, 2.05) is 5.32 Å². The number of nitrogens with one attached hydrogen (secondary N) is 1. The van der Waals surface area contributed by atoms with Crippen LogP contribution in [-0.2, 0) is 9.53 Å². The van der Waals surface area contributed by atoms with Gasteiger partial charge in [0.05, 0.1) is 6.54 Å². The molecule has 0 aromatic rings. The first-order chi connectivity index (χ1) is 7.02. The van der Waals surface area contributed by atoms with Crippen molar-refractivity contribution >= 4 is 12.1 Å². The molecule has 5 nitrogen and oxygen atoms in total. The molecule has 0 aromatic carbocycles. The Bertz CT molecular complexity index is 273. The summed E-state index contributed by atoms with van der Waals surface area (Å²) in [5.41, 5.74) is -0.786. The highest BCUT2D eigenvalue weighted by atomic mass is 19.3. The Morgan fingerprint density at radius 3 is 2.19 bits per heavy atom. The number of carbonyl (C=O) groups excluding carboxylic acids is 1. The Hall–Kier alpha value is -1.40. The van der Waals surface area contributed by atoms with Crippen molar-refractivity contribution in [2.75, 3.05) is 6.54 Å². The van der Waals surface area contributed by atoms with Gasteiger partial charge in [-0.15, -0.1) is 0 Å². The van der Waals surface area contributed by atoms with E-state index in [1.54, 1.807) is 20.8 Å². The van der Waals surface area contributed by atoms with Gasteiger partial charge >= 0.3 is 12.1 Å². The summed E-state index contributed by atoms with van der Waals surface area (Å²) >= 11 is 0. The minimum absolute atomic E-state index is 0.786. The van der Waals surface area contributed by atoms with E-state index in [2.05, 4.69) is 0 Å². The van der Waals surface area contributed by atoms with E-state index < -0.39 is 36.6 Å². The number of hydrogen-bond acceptors (Lipinski definition) is 3. The average Bonchev–Trinajstić information content (AvgIpc) is 1.95. The maximum atomic E-state index is 12.8. The summed E-state index contributed by atoms with van der Waals surface area (Å²) in [6, 6.07) is 0. The number of amides is 1. The summed E-state index contributed by atoms with van der Waals surface area (Å²) in [5.74, 6) is -5.11. The quantitative estimate of drug-likeness (QED) is 0.781. The second-order valence-electron chi connectivity index (χ2n) is 4.28. The second-order valence-corrected chi connectivity index (χ2v) is 4.28. The smallest absolute Gasteiger partial charge is 0.407 e. The maximum absolute atomic E-state index is 12.8. The summed E-state index contributed by atoms with van der Waals surface area (Å²) in [7, 11) is 0. The fourth-order valence-electron chi connectivity index (χ4n) is 0.799. The zero-order valence-corrected chi connectivity index (χ0v) is 9.34. The van der Waals surface area contributed by atoms with Crippen molar-refractivity contribution in [3.8, 4) is 0 Å². The van der Waals surface area contributed by atoms with Gasteiger partial charge in [-0.3, -0.25) is 4.79 Å². The van der Waals surface area contributed by atoms with E-state index in [9.17, 15) is 18.4 Å². The molecule has 0 aliphatic rings. The van der Waals surface area contributed by atoms with Gasteiger partial charge in [0.15, 0.2) is 0 Å². The Balaban J connectivity index is 4.05. The van der Waals surface area contributed by atoms with Crippen molar-refractivity contribution in [1.29, 1.82) is 0 Å². The van der Waals surface area contributed by atoms with Crippen molar-refractivity contribution in [2.45, 2.75) is 38.7 Å². The molecule has 0 saturated heterocycles. The lowest BCUT2D eigenvalue weighted by Gasteiger charge is -2.21. The molecule has 0 rings (SSSR count). The third-order valence-corrected chi connectivity index (χ3v) is 1.30. The van der Waals surface area contributed by atoms with E-state index >= 15 is 0 Å². The number of carboxylic acid groups (broad SMARTS) is 1. The van der Waals surface area contributed by atoms with Gasteiger partial charge in [0.2, 0.25) is 0 Å². The lowest BCUT2D eigenvalue weighted by molar-refractivity contribution is -0.144. The van der Waals surface area contributed by atoms with E-state index in [0.29, 0.717) is 0 Å². The van der Waals surface area contributed by atoms with Crippen molar-refractivity contribution in [3.63, 3.8) is 0 Å². The summed E-state index contributed by atoms with van der Waals surface area (Å²) < 4.78 is 30.3. The number of rotatable bonds is 4. The maximum Gasteiger partial charge on any atom is 0.407 e. The van der Waals surface area contributed by atoms with Crippen molar-refractivity contribution in [2.24, 2.45) is 0 Å². The largest absolute Gasteiger partial charge is 0.481 e. The minimum atomic E-state index is -3.48. The number of halogens is 2. The highest BCUT2D eigenvalue weighted by Gasteiger charge is 2.33. The van der Waals surface area contributed by atoms with Gasteiger partial charge in [-0.2, -0.15) is 0 Å². The molecule has 16 heavy (non-hydrogen) atoms. The number of carbonyl (C=O) groups is 2. The van der Waals surface area contributed by atoms with Crippen molar-refractivity contribution in [3.05, 3.63) is 0 Å².